The van der Waals surface area contributed by atoms with Crippen molar-refractivity contribution in [2.45, 2.75) is 19.4 Å². The summed E-state index contributed by atoms with van der Waals surface area (Å²) in [5.41, 5.74) is 1.65. The Bertz CT molecular complexity index is 566. The van der Waals surface area contributed by atoms with Gasteiger partial charge in [-0.25, -0.2) is 0 Å². The summed E-state index contributed by atoms with van der Waals surface area (Å²) in [5.74, 6) is -0.0308. The Morgan fingerprint density at radius 3 is 2.65 bits per heavy atom. The zero-order valence-electron chi connectivity index (χ0n) is 11.6. The van der Waals surface area contributed by atoms with E-state index < -0.39 is 0 Å². The minimum Gasteiger partial charge on any atom is -0.396 e. The molecule has 1 amide bonds. The second-order valence-corrected chi connectivity index (χ2v) is 4.69. The Morgan fingerprint density at radius 2 is 2.10 bits per heavy atom. The second kappa shape index (κ2) is 6.34. The van der Waals surface area contributed by atoms with Gasteiger partial charge in [0.15, 0.2) is 0 Å². The van der Waals surface area contributed by atoms with Crippen LogP contribution in [0.5, 0.6) is 0 Å². The number of aryl methyl sites for hydroxylation is 1. The molecule has 1 aromatic heterocycles. The molecule has 2 aromatic rings. The Morgan fingerprint density at radius 1 is 1.40 bits per heavy atom. The van der Waals surface area contributed by atoms with Crippen LogP contribution < -0.4 is 0 Å². The summed E-state index contributed by atoms with van der Waals surface area (Å²) in [4.78, 5) is 13.9. The number of amides is 1. The quantitative estimate of drug-likeness (QED) is 0.907. The summed E-state index contributed by atoms with van der Waals surface area (Å²) in [6.45, 7) is 1.77. The van der Waals surface area contributed by atoms with E-state index in [4.69, 9.17) is 4.52 Å². The van der Waals surface area contributed by atoms with Gasteiger partial charge in [-0.15, -0.1) is 0 Å². The maximum atomic E-state index is 12.4. The number of hydrogen-bond donors (Lipinski definition) is 1. The fourth-order valence-electron chi connectivity index (χ4n) is 2.16. The molecule has 1 N–H and O–H groups in total. The molecule has 0 bridgehead atoms. The van der Waals surface area contributed by atoms with Gasteiger partial charge in [0.2, 0.25) is 5.76 Å². The van der Waals surface area contributed by atoms with E-state index in [0.717, 1.165) is 5.56 Å². The highest BCUT2D eigenvalue weighted by atomic mass is 16.5. The van der Waals surface area contributed by atoms with Crippen molar-refractivity contribution in [3.63, 3.8) is 0 Å². The highest BCUT2D eigenvalue weighted by molar-refractivity contribution is 5.91. The van der Waals surface area contributed by atoms with Crippen molar-refractivity contribution >= 4 is 5.91 Å². The molecule has 0 aliphatic heterocycles. The van der Waals surface area contributed by atoms with Crippen LogP contribution in [0.4, 0.5) is 0 Å². The van der Waals surface area contributed by atoms with E-state index in [1.807, 2.05) is 30.3 Å². The molecule has 0 radical (unpaired) electrons. The van der Waals surface area contributed by atoms with E-state index >= 15 is 0 Å². The number of nitrogens with zero attached hydrogens (tertiary/aromatic N) is 2. The zero-order valence-corrected chi connectivity index (χ0v) is 11.6. The van der Waals surface area contributed by atoms with Crippen LogP contribution in [-0.4, -0.2) is 34.7 Å². The van der Waals surface area contributed by atoms with Crippen LogP contribution in [0.1, 0.15) is 34.3 Å². The summed E-state index contributed by atoms with van der Waals surface area (Å²) >= 11 is 0. The van der Waals surface area contributed by atoms with Gasteiger partial charge in [-0.3, -0.25) is 4.79 Å². The normalized spacial score (nSPS) is 12.2. The Labute approximate surface area is 117 Å². The van der Waals surface area contributed by atoms with Crippen LogP contribution in [0.15, 0.2) is 40.9 Å². The number of carbonyl (C=O) groups is 1. The molecule has 1 heterocycles. The van der Waals surface area contributed by atoms with Gasteiger partial charge in [0.1, 0.15) is 0 Å². The standard InChI is InChI=1S/C15H18N2O3/c1-11-10-14(20-16-11)15(19)17(2)13(8-9-18)12-6-4-3-5-7-12/h3-7,10,13,18H,8-9H2,1-2H3. The number of aliphatic hydroxyl groups excluding tert-OH is 1. The van der Waals surface area contributed by atoms with Crippen molar-refractivity contribution in [3.8, 4) is 0 Å². The van der Waals surface area contributed by atoms with Crippen molar-refractivity contribution in [2.75, 3.05) is 13.7 Å². The van der Waals surface area contributed by atoms with Crippen LogP contribution in [0.3, 0.4) is 0 Å². The fourth-order valence-corrected chi connectivity index (χ4v) is 2.16. The van der Waals surface area contributed by atoms with Crippen LogP contribution in [-0.2, 0) is 0 Å². The highest BCUT2D eigenvalue weighted by Crippen LogP contribution is 2.24. The van der Waals surface area contributed by atoms with Crippen LogP contribution >= 0.6 is 0 Å². The summed E-state index contributed by atoms with van der Waals surface area (Å²) in [6, 6.07) is 11.0. The Hall–Kier alpha value is -2.14. The van der Waals surface area contributed by atoms with Crippen molar-refractivity contribution in [1.29, 1.82) is 0 Å². The highest BCUT2D eigenvalue weighted by Gasteiger charge is 2.24. The smallest absolute Gasteiger partial charge is 0.292 e. The zero-order chi connectivity index (χ0) is 14.5. The molecule has 1 atom stereocenters. The molecule has 1 aromatic carbocycles. The summed E-state index contributed by atoms with van der Waals surface area (Å²) in [7, 11) is 1.70. The third kappa shape index (κ3) is 3.05. The largest absolute Gasteiger partial charge is 0.396 e. The summed E-state index contributed by atoms with van der Waals surface area (Å²) in [6.07, 6.45) is 0.472. The first-order valence-electron chi connectivity index (χ1n) is 6.49. The SMILES string of the molecule is Cc1cc(C(=O)N(C)C(CCO)c2ccccc2)on1. The maximum absolute atomic E-state index is 12.4. The molecule has 0 aliphatic rings. The first-order valence-corrected chi connectivity index (χ1v) is 6.49. The lowest BCUT2D eigenvalue weighted by molar-refractivity contribution is 0.0663. The predicted molar refractivity (Wildman–Crippen MR) is 74.2 cm³/mol. The monoisotopic (exact) mass is 274 g/mol. The number of aliphatic hydroxyl groups is 1. The van der Waals surface area contributed by atoms with Crippen LogP contribution in [0, 0.1) is 6.92 Å². The molecule has 0 saturated heterocycles. The van der Waals surface area contributed by atoms with Gasteiger partial charge in [-0.05, 0) is 18.9 Å². The lowest BCUT2D eigenvalue weighted by atomic mass is 10.0. The van der Waals surface area contributed by atoms with Crippen molar-refractivity contribution < 1.29 is 14.4 Å². The molecule has 0 fully saturated rings. The van der Waals surface area contributed by atoms with Gasteiger partial charge in [-0.2, -0.15) is 0 Å². The average molecular weight is 274 g/mol. The Kier molecular flexibility index (Phi) is 4.53. The van der Waals surface area contributed by atoms with E-state index in [1.165, 1.54) is 0 Å². The first kappa shape index (κ1) is 14.3. The molecule has 0 aliphatic carbocycles. The minimum atomic E-state index is -0.243. The number of carbonyl (C=O) groups excluding carboxylic acids is 1. The predicted octanol–water partition coefficient (Wildman–Crippen LogP) is 2.18. The molecule has 0 spiro atoms. The topological polar surface area (TPSA) is 66.6 Å². The van der Waals surface area contributed by atoms with E-state index in [2.05, 4.69) is 5.16 Å². The number of benzene rings is 1. The molecular formula is C15H18N2O3. The minimum absolute atomic E-state index is 0.00656. The molecule has 0 saturated carbocycles. The Balaban J connectivity index is 2.23. The van der Waals surface area contributed by atoms with Crippen LogP contribution in [0.2, 0.25) is 0 Å². The third-order valence-electron chi connectivity index (χ3n) is 3.21. The molecular weight excluding hydrogens is 256 g/mol. The van der Waals surface area contributed by atoms with E-state index in [9.17, 15) is 9.90 Å². The fraction of sp³-hybridized carbons (Fsp3) is 0.333. The lowest BCUT2D eigenvalue weighted by Crippen LogP contribution is -2.31. The first-order chi connectivity index (χ1) is 9.63. The average Bonchev–Trinajstić information content (AvgIpc) is 2.91. The molecule has 20 heavy (non-hydrogen) atoms. The van der Waals surface area contributed by atoms with Crippen LogP contribution in [0.25, 0.3) is 0 Å². The lowest BCUT2D eigenvalue weighted by Gasteiger charge is -2.27. The summed E-state index contributed by atoms with van der Waals surface area (Å²) < 4.78 is 5.01. The summed E-state index contributed by atoms with van der Waals surface area (Å²) in [5, 5.41) is 13.0. The number of aromatic nitrogens is 1. The number of rotatable bonds is 5. The molecule has 5 nitrogen and oxygen atoms in total. The van der Waals surface area contributed by atoms with Crippen molar-refractivity contribution in [3.05, 3.63) is 53.4 Å². The maximum Gasteiger partial charge on any atom is 0.292 e. The molecule has 106 valence electrons. The second-order valence-electron chi connectivity index (χ2n) is 4.69. The van der Waals surface area contributed by atoms with E-state index in [0.29, 0.717) is 12.1 Å². The van der Waals surface area contributed by atoms with Gasteiger partial charge < -0.3 is 14.5 Å². The van der Waals surface area contributed by atoms with Gasteiger partial charge in [0.05, 0.1) is 11.7 Å². The van der Waals surface area contributed by atoms with Gasteiger partial charge in [0, 0.05) is 19.7 Å². The van der Waals surface area contributed by atoms with E-state index in [-0.39, 0.29) is 24.3 Å². The van der Waals surface area contributed by atoms with Gasteiger partial charge >= 0.3 is 0 Å². The number of hydrogen-bond acceptors (Lipinski definition) is 4. The molecule has 5 heteroatoms. The van der Waals surface area contributed by atoms with Crippen molar-refractivity contribution in [1.82, 2.24) is 10.1 Å². The molecule has 1 unspecified atom stereocenters. The van der Waals surface area contributed by atoms with E-state index in [1.54, 1.807) is 24.9 Å². The van der Waals surface area contributed by atoms with Crippen molar-refractivity contribution in [2.24, 2.45) is 0 Å². The van der Waals surface area contributed by atoms with Gasteiger partial charge in [0.25, 0.3) is 5.91 Å². The molecule has 2 rings (SSSR count). The third-order valence-corrected chi connectivity index (χ3v) is 3.21. The van der Waals surface area contributed by atoms with Gasteiger partial charge in [-0.1, -0.05) is 35.5 Å².